The molecule has 0 bridgehead atoms. The number of hydrogen-bond donors (Lipinski definition) is 1. The maximum Gasteiger partial charge on any atom is 0.265 e. The van der Waals surface area contributed by atoms with Gasteiger partial charge in [-0.05, 0) is 17.7 Å². The molecular formula is C20H22FN3O2S. The van der Waals surface area contributed by atoms with E-state index >= 15 is 0 Å². The third-order valence-corrected chi connectivity index (χ3v) is 5.40. The number of anilines is 1. The number of rotatable bonds is 5. The van der Waals surface area contributed by atoms with Crippen LogP contribution in [0.5, 0.6) is 0 Å². The molecule has 0 spiro atoms. The fraction of sp³-hybridized carbons (Fsp3) is 0.250. The van der Waals surface area contributed by atoms with Crippen molar-refractivity contribution in [3.8, 4) is 0 Å². The van der Waals surface area contributed by atoms with Crippen LogP contribution in [-0.4, -0.2) is 18.2 Å². The molecule has 3 rings (SSSR count). The lowest BCUT2D eigenvalue weighted by atomic mass is 9.92. The highest BCUT2D eigenvalue weighted by Gasteiger charge is 2.30. The summed E-state index contributed by atoms with van der Waals surface area (Å²) in [5, 5.41) is 4.51. The summed E-state index contributed by atoms with van der Waals surface area (Å²) in [6.45, 7) is 6.12. The maximum atomic E-state index is 13.9. The molecule has 0 aliphatic rings. The smallest absolute Gasteiger partial charge is 0.265 e. The molecule has 0 amide bonds. The summed E-state index contributed by atoms with van der Waals surface area (Å²) >= 11 is 0. The van der Waals surface area contributed by atoms with E-state index in [1.807, 2.05) is 51.1 Å². The Hall–Kier alpha value is -2.67. The molecule has 5 nitrogen and oxygen atoms in total. The van der Waals surface area contributed by atoms with E-state index in [2.05, 4.69) is 9.82 Å². The van der Waals surface area contributed by atoms with E-state index in [4.69, 9.17) is 0 Å². The first-order chi connectivity index (χ1) is 12.7. The van der Waals surface area contributed by atoms with Crippen LogP contribution < -0.4 is 4.72 Å². The molecule has 0 saturated carbocycles. The average Bonchev–Trinajstić information content (AvgIpc) is 3.03. The van der Waals surface area contributed by atoms with Gasteiger partial charge in [0.1, 0.15) is 10.7 Å². The molecule has 0 atom stereocenters. The Balaban J connectivity index is 2.01. The van der Waals surface area contributed by atoms with E-state index in [0.29, 0.717) is 12.2 Å². The van der Waals surface area contributed by atoms with Crippen molar-refractivity contribution in [2.75, 3.05) is 4.72 Å². The zero-order chi connectivity index (χ0) is 19.7. The molecule has 0 fully saturated rings. The van der Waals surface area contributed by atoms with Gasteiger partial charge in [0.2, 0.25) is 0 Å². The van der Waals surface area contributed by atoms with Gasteiger partial charge in [0, 0.05) is 11.6 Å². The molecule has 1 heterocycles. The summed E-state index contributed by atoms with van der Waals surface area (Å²) in [5.74, 6) is -0.630. The van der Waals surface area contributed by atoms with E-state index in [0.717, 1.165) is 5.56 Å². The first-order valence-corrected chi connectivity index (χ1v) is 10.0. The lowest BCUT2D eigenvalue weighted by Gasteiger charge is -2.18. The third-order valence-electron chi connectivity index (χ3n) is 4.03. The summed E-state index contributed by atoms with van der Waals surface area (Å²) < 4.78 is 43.8. The standard InChI is InChI=1S/C20H22FN3O2S/c1-20(2,3)19-18(14-24(22-19)13-15-9-5-4-6-10-15)27(25,26)23-17-12-8-7-11-16(17)21/h4-12,14,23H,13H2,1-3H3. The zero-order valence-electron chi connectivity index (χ0n) is 15.5. The summed E-state index contributed by atoms with van der Waals surface area (Å²) in [6, 6.07) is 15.3. The molecule has 0 saturated heterocycles. The van der Waals surface area contributed by atoms with Crippen LogP contribution in [0.25, 0.3) is 0 Å². The van der Waals surface area contributed by atoms with Crippen LogP contribution in [0.3, 0.4) is 0 Å². The van der Waals surface area contributed by atoms with Gasteiger partial charge in [-0.1, -0.05) is 63.2 Å². The van der Waals surface area contributed by atoms with Gasteiger partial charge in [-0.3, -0.25) is 9.40 Å². The average molecular weight is 387 g/mol. The van der Waals surface area contributed by atoms with Gasteiger partial charge >= 0.3 is 0 Å². The third kappa shape index (κ3) is 4.36. The van der Waals surface area contributed by atoms with Gasteiger partial charge in [-0.25, -0.2) is 12.8 Å². The highest BCUT2D eigenvalue weighted by molar-refractivity contribution is 7.92. The Morgan fingerprint density at radius 2 is 1.67 bits per heavy atom. The van der Waals surface area contributed by atoms with Gasteiger partial charge in [0.05, 0.1) is 17.9 Å². The summed E-state index contributed by atoms with van der Waals surface area (Å²) in [4.78, 5) is 0.0502. The number of para-hydroxylation sites is 1. The van der Waals surface area contributed by atoms with Crippen molar-refractivity contribution >= 4 is 15.7 Å². The monoisotopic (exact) mass is 387 g/mol. The van der Waals surface area contributed by atoms with Crippen LogP contribution in [0.15, 0.2) is 65.7 Å². The first kappa shape index (κ1) is 19.1. The van der Waals surface area contributed by atoms with Crippen molar-refractivity contribution in [3.05, 3.63) is 77.9 Å². The summed E-state index contributed by atoms with van der Waals surface area (Å²) in [5.41, 5.74) is 0.850. The number of halogens is 1. The molecule has 142 valence electrons. The van der Waals surface area contributed by atoms with Crippen molar-refractivity contribution < 1.29 is 12.8 Å². The molecule has 7 heteroatoms. The van der Waals surface area contributed by atoms with Crippen LogP contribution in [0, 0.1) is 5.82 Å². The molecule has 3 aromatic rings. The molecule has 27 heavy (non-hydrogen) atoms. The second kappa shape index (κ2) is 7.15. The molecular weight excluding hydrogens is 365 g/mol. The second-order valence-electron chi connectivity index (χ2n) is 7.36. The van der Waals surface area contributed by atoms with Crippen molar-refractivity contribution in [1.29, 1.82) is 0 Å². The van der Waals surface area contributed by atoms with Crippen LogP contribution in [0.1, 0.15) is 32.0 Å². The summed E-state index contributed by atoms with van der Waals surface area (Å²) in [7, 11) is -3.99. The lowest BCUT2D eigenvalue weighted by molar-refractivity contribution is 0.533. The number of sulfonamides is 1. The lowest BCUT2D eigenvalue weighted by Crippen LogP contribution is -2.20. The highest BCUT2D eigenvalue weighted by atomic mass is 32.2. The fourth-order valence-corrected chi connectivity index (χ4v) is 4.14. The Morgan fingerprint density at radius 1 is 1.04 bits per heavy atom. The van der Waals surface area contributed by atoms with Crippen LogP contribution in [-0.2, 0) is 22.0 Å². The van der Waals surface area contributed by atoms with Gasteiger partial charge in [0.15, 0.2) is 0 Å². The Morgan fingerprint density at radius 3 is 2.30 bits per heavy atom. The number of aromatic nitrogens is 2. The van der Waals surface area contributed by atoms with Crippen molar-refractivity contribution in [2.24, 2.45) is 0 Å². The predicted octanol–water partition coefficient (Wildman–Crippen LogP) is 4.17. The molecule has 0 unspecified atom stereocenters. The quantitative estimate of drug-likeness (QED) is 0.715. The van der Waals surface area contributed by atoms with E-state index in [9.17, 15) is 12.8 Å². The summed E-state index contributed by atoms with van der Waals surface area (Å²) in [6.07, 6.45) is 1.50. The Labute approximate surface area is 158 Å². The fourth-order valence-electron chi connectivity index (χ4n) is 2.71. The normalized spacial score (nSPS) is 12.1. The van der Waals surface area contributed by atoms with E-state index in [-0.39, 0.29) is 10.6 Å². The van der Waals surface area contributed by atoms with Crippen molar-refractivity contribution in [1.82, 2.24) is 9.78 Å². The number of nitrogens with zero attached hydrogens (tertiary/aromatic N) is 2. The molecule has 1 N–H and O–H groups in total. The maximum absolute atomic E-state index is 13.9. The molecule has 0 aliphatic heterocycles. The minimum absolute atomic E-state index is 0.0502. The Kier molecular flexibility index (Phi) is 5.06. The number of hydrogen-bond acceptors (Lipinski definition) is 3. The van der Waals surface area contributed by atoms with Crippen molar-refractivity contribution in [2.45, 2.75) is 37.6 Å². The predicted molar refractivity (Wildman–Crippen MR) is 104 cm³/mol. The Bertz CT molecular complexity index is 1040. The molecule has 1 aromatic heterocycles. The van der Waals surface area contributed by atoms with Crippen LogP contribution >= 0.6 is 0 Å². The first-order valence-electron chi connectivity index (χ1n) is 8.56. The second-order valence-corrected chi connectivity index (χ2v) is 9.01. The molecule has 2 aromatic carbocycles. The van der Waals surface area contributed by atoms with Gasteiger partial charge in [-0.2, -0.15) is 5.10 Å². The van der Waals surface area contributed by atoms with Gasteiger partial charge in [0.25, 0.3) is 10.0 Å². The largest absolute Gasteiger partial charge is 0.277 e. The SMILES string of the molecule is CC(C)(C)c1nn(Cc2ccccc2)cc1S(=O)(=O)Nc1ccccc1F. The molecule has 0 radical (unpaired) electrons. The van der Waals surface area contributed by atoms with E-state index < -0.39 is 21.3 Å². The topological polar surface area (TPSA) is 64.0 Å². The van der Waals surface area contributed by atoms with Gasteiger partial charge in [-0.15, -0.1) is 0 Å². The van der Waals surface area contributed by atoms with Crippen LogP contribution in [0.2, 0.25) is 0 Å². The zero-order valence-corrected chi connectivity index (χ0v) is 16.3. The molecule has 0 aliphatic carbocycles. The minimum Gasteiger partial charge on any atom is -0.277 e. The van der Waals surface area contributed by atoms with E-state index in [1.165, 1.54) is 24.4 Å². The van der Waals surface area contributed by atoms with Crippen molar-refractivity contribution in [3.63, 3.8) is 0 Å². The number of benzene rings is 2. The van der Waals surface area contributed by atoms with Gasteiger partial charge < -0.3 is 0 Å². The highest BCUT2D eigenvalue weighted by Crippen LogP contribution is 2.29. The van der Waals surface area contributed by atoms with Crippen LogP contribution in [0.4, 0.5) is 10.1 Å². The minimum atomic E-state index is -3.99. The number of nitrogens with one attached hydrogen (secondary N) is 1. The van der Waals surface area contributed by atoms with E-state index in [1.54, 1.807) is 10.7 Å².